The summed E-state index contributed by atoms with van der Waals surface area (Å²) in [5, 5.41) is 2.52. The molecule has 1 aliphatic heterocycles. The van der Waals surface area contributed by atoms with Crippen molar-refractivity contribution in [2.24, 2.45) is 5.73 Å². The molecule has 0 radical (unpaired) electrons. The van der Waals surface area contributed by atoms with Crippen molar-refractivity contribution in [2.75, 3.05) is 13.2 Å². The summed E-state index contributed by atoms with van der Waals surface area (Å²) < 4.78 is 9.91. The lowest BCUT2D eigenvalue weighted by Gasteiger charge is -2.16. The molecule has 112 valence electrons. The van der Waals surface area contributed by atoms with Crippen LogP contribution in [-0.4, -0.2) is 43.1 Å². The predicted octanol–water partition coefficient (Wildman–Crippen LogP) is -0.355. The first kappa shape index (κ1) is 16.2. The SMILES string of the molecule is CCOC(=O)/C=C/C[C@@H](NC(=O)[C@@H]1CCCO1)C(N)=O. The standard InChI is InChI=1S/C13H20N2O5/c1-2-19-11(16)7-3-5-9(12(14)17)15-13(18)10-6-4-8-20-10/h3,7,9-10H,2,4-6,8H2,1H3,(H2,14,17)(H,15,18)/b7-3+/t9-,10+/m1/s1. The summed E-state index contributed by atoms with van der Waals surface area (Å²) in [5.41, 5.74) is 5.21. The van der Waals surface area contributed by atoms with Gasteiger partial charge in [0.2, 0.25) is 11.8 Å². The number of hydrogen-bond acceptors (Lipinski definition) is 5. The van der Waals surface area contributed by atoms with E-state index in [9.17, 15) is 14.4 Å². The highest BCUT2D eigenvalue weighted by Gasteiger charge is 2.26. The van der Waals surface area contributed by atoms with E-state index in [1.165, 1.54) is 12.2 Å². The zero-order valence-corrected chi connectivity index (χ0v) is 11.5. The van der Waals surface area contributed by atoms with Gasteiger partial charge in [0.25, 0.3) is 0 Å². The average Bonchev–Trinajstić information content (AvgIpc) is 2.91. The summed E-state index contributed by atoms with van der Waals surface area (Å²) in [6, 6.07) is -0.864. The summed E-state index contributed by atoms with van der Waals surface area (Å²) in [6.45, 7) is 2.51. The van der Waals surface area contributed by atoms with E-state index in [0.29, 0.717) is 13.0 Å². The lowest BCUT2D eigenvalue weighted by Crippen LogP contribution is -2.47. The summed E-state index contributed by atoms with van der Waals surface area (Å²) in [4.78, 5) is 34.2. The van der Waals surface area contributed by atoms with E-state index in [4.69, 9.17) is 15.2 Å². The minimum absolute atomic E-state index is 0.132. The van der Waals surface area contributed by atoms with E-state index in [1.54, 1.807) is 6.92 Å². The summed E-state index contributed by atoms with van der Waals surface area (Å²) in [5.74, 6) is -1.51. The van der Waals surface area contributed by atoms with E-state index < -0.39 is 24.0 Å². The van der Waals surface area contributed by atoms with Gasteiger partial charge in [0.15, 0.2) is 0 Å². The Kier molecular flexibility index (Phi) is 6.72. The average molecular weight is 284 g/mol. The molecule has 0 saturated carbocycles. The fourth-order valence-electron chi connectivity index (χ4n) is 1.79. The van der Waals surface area contributed by atoms with Crippen LogP contribution in [0.5, 0.6) is 0 Å². The molecule has 0 aromatic rings. The van der Waals surface area contributed by atoms with Gasteiger partial charge in [0.1, 0.15) is 12.1 Å². The molecule has 0 aromatic heterocycles. The third-order valence-corrected chi connectivity index (χ3v) is 2.79. The maximum atomic E-state index is 11.8. The molecule has 1 fully saturated rings. The molecule has 1 rings (SSSR count). The van der Waals surface area contributed by atoms with Crippen LogP contribution in [0.2, 0.25) is 0 Å². The number of carbonyl (C=O) groups is 3. The molecular formula is C13H20N2O5. The Balaban J connectivity index is 2.45. The second-order valence-electron chi connectivity index (χ2n) is 4.36. The molecule has 2 atom stereocenters. The van der Waals surface area contributed by atoms with Crippen molar-refractivity contribution in [2.45, 2.75) is 38.3 Å². The van der Waals surface area contributed by atoms with Crippen LogP contribution < -0.4 is 11.1 Å². The van der Waals surface area contributed by atoms with Gasteiger partial charge in [-0.2, -0.15) is 0 Å². The summed E-state index contributed by atoms with van der Waals surface area (Å²) in [7, 11) is 0. The fourth-order valence-corrected chi connectivity index (χ4v) is 1.79. The lowest BCUT2D eigenvalue weighted by atomic mass is 10.1. The summed E-state index contributed by atoms with van der Waals surface area (Å²) >= 11 is 0. The maximum Gasteiger partial charge on any atom is 0.330 e. The van der Waals surface area contributed by atoms with Gasteiger partial charge in [-0.25, -0.2) is 4.79 Å². The van der Waals surface area contributed by atoms with Gasteiger partial charge in [-0.1, -0.05) is 6.08 Å². The second-order valence-corrected chi connectivity index (χ2v) is 4.36. The number of amides is 2. The van der Waals surface area contributed by atoms with E-state index in [2.05, 4.69) is 5.32 Å². The summed E-state index contributed by atoms with van der Waals surface area (Å²) in [6.07, 6.45) is 3.72. The van der Waals surface area contributed by atoms with E-state index >= 15 is 0 Å². The van der Waals surface area contributed by atoms with Crippen molar-refractivity contribution >= 4 is 17.8 Å². The largest absolute Gasteiger partial charge is 0.463 e. The third-order valence-electron chi connectivity index (χ3n) is 2.79. The van der Waals surface area contributed by atoms with Crippen LogP contribution in [0, 0.1) is 0 Å². The molecule has 0 aromatic carbocycles. The quantitative estimate of drug-likeness (QED) is 0.490. The smallest absolute Gasteiger partial charge is 0.330 e. The van der Waals surface area contributed by atoms with E-state index in [1.807, 2.05) is 0 Å². The topological polar surface area (TPSA) is 108 Å². The van der Waals surface area contributed by atoms with Crippen molar-refractivity contribution in [1.29, 1.82) is 0 Å². The van der Waals surface area contributed by atoms with Crippen molar-refractivity contribution in [3.63, 3.8) is 0 Å². The van der Waals surface area contributed by atoms with Crippen LogP contribution >= 0.6 is 0 Å². The normalized spacial score (nSPS) is 19.8. The number of rotatable bonds is 7. The minimum atomic E-state index is -0.864. The first-order chi connectivity index (χ1) is 9.54. The van der Waals surface area contributed by atoms with Gasteiger partial charge in [0.05, 0.1) is 6.61 Å². The molecule has 7 heteroatoms. The maximum absolute atomic E-state index is 11.8. The molecule has 3 N–H and O–H groups in total. The van der Waals surface area contributed by atoms with Gasteiger partial charge in [-0.3, -0.25) is 9.59 Å². The van der Waals surface area contributed by atoms with Crippen LogP contribution in [0.4, 0.5) is 0 Å². The van der Waals surface area contributed by atoms with Gasteiger partial charge >= 0.3 is 5.97 Å². The number of nitrogens with two attached hydrogens (primary N) is 1. The van der Waals surface area contributed by atoms with Gasteiger partial charge < -0.3 is 20.5 Å². The molecule has 1 saturated heterocycles. The van der Waals surface area contributed by atoms with Crippen molar-refractivity contribution < 1.29 is 23.9 Å². The van der Waals surface area contributed by atoms with Crippen LogP contribution in [0.3, 0.4) is 0 Å². The third kappa shape index (κ3) is 5.40. The Labute approximate surface area is 117 Å². The van der Waals surface area contributed by atoms with Crippen molar-refractivity contribution in [3.8, 4) is 0 Å². The number of carbonyl (C=O) groups excluding carboxylic acids is 3. The zero-order valence-electron chi connectivity index (χ0n) is 11.5. The molecule has 1 aliphatic rings. The number of nitrogens with one attached hydrogen (secondary N) is 1. The van der Waals surface area contributed by atoms with Gasteiger partial charge in [0, 0.05) is 12.7 Å². The van der Waals surface area contributed by atoms with E-state index in [0.717, 1.165) is 6.42 Å². The molecule has 0 spiro atoms. The number of ether oxygens (including phenoxy) is 2. The molecule has 0 bridgehead atoms. The molecule has 1 heterocycles. The lowest BCUT2D eigenvalue weighted by molar-refractivity contribution is -0.137. The second kappa shape index (κ2) is 8.31. The number of esters is 1. The Morgan fingerprint density at radius 1 is 1.50 bits per heavy atom. The van der Waals surface area contributed by atoms with Crippen molar-refractivity contribution in [1.82, 2.24) is 5.32 Å². The molecule has 7 nitrogen and oxygen atoms in total. The number of hydrogen-bond donors (Lipinski definition) is 2. The Bertz CT molecular complexity index is 388. The van der Waals surface area contributed by atoms with Crippen molar-refractivity contribution in [3.05, 3.63) is 12.2 Å². The zero-order chi connectivity index (χ0) is 15.0. The Morgan fingerprint density at radius 3 is 2.80 bits per heavy atom. The van der Waals surface area contributed by atoms with Crippen LogP contribution in [0.1, 0.15) is 26.2 Å². The molecule has 20 heavy (non-hydrogen) atoms. The monoisotopic (exact) mass is 284 g/mol. The highest BCUT2D eigenvalue weighted by atomic mass is 16.5. The van der Waals surface area contributed by atoms with E-state index in [-0.39, 0.29) is 18.9 Å². The van der Waals surface area contributed by atoms with Gasteiger partial charge in [-0.05, 0) is 26.2 Å². The first-order valence-electron chi connectivity index (χ1n) is 6.59. The van der Waals surface area contributed by atoms with Crippen LogP contribution in [0.25, 0.3) is 0 Å². The highest BCUT2D eigenvalue weighted by molar-refractivity contribution is 5.89. The molecule has 2 amide bonds. The van der Waals surface area contributed by atoms with Gasteiger partial charge in [-0.15, -0.1) is 0 Å². The fraction of sp³-hybridized carbons (Fsp3) is 0.615. The predicted molar refractivity (Wildman–Crippen MR) is 70.5 cm³/mol. The first-order valence-corrected chi connectivity index (χ1v) is 6.59. The minimum Gasteiger partial charge on any atom is -0.463 e. The molecule has 0 unspecified atom stereocenters. The highest BCUT2D eigenvalue weighted by Crippen LogP contribution is 2.12. The Morgan fingerprint density at radius 2 is 2.25 bits per heavy atom. The number of primary amides is 1. The van der Waals surface area contributed by atoms with Crippen LogP contribution in [-0.2, 0) is 23.9 Å². The Hall–Kier alpha value is -1.89. The molecular weight excluding hydrogens is 264 g/mol. The molecule has 0 aliphatic carbocycles. The van der Waals surface area contributed by atoms with Crippen LogP contribution in [0.15, 0.2) is 12.2 Å².